The fourth-order valence-corrected chi connectivity index (χ4v) is 2.88. The third kappa shape index (κ3) is 3.77. The van der Waals surface area contributed by atoms with Gasteiger partial charge in [0.15, 0.2) is 0 Å². The van der Waals surface area contributed by atoms with Crippen LogP contribution in [0.1, 0.15) is 6.92 Å². The van der Waals surface area contributed by atoms with E-state index in [0.29, 0.717) is 5.75 Å². The number of hydrogen-bond donors (Lipinski definition) is 1. The number of thioether (sulfide) groups is 1. The first-order chi connectivity index (χ1) is 8.68. The molecule has 2 amide bonds. The number of likely N-dealkylation sites (tertiary alicyclic amines) is 1. The smallest absolute Gasteiger partial charge is 0.369 e. The van der Waals surface area contributed by atoms with Crippen molar-refractivity contribution in [2.24, 2.45) is 23.5 Å². The molecule has 110 valence electrons. The van der Waals surface area contributed by atoms with E-state index in [0.717, 1.165) is 4.90 Å². The normalized spacial score (nSPS) is 25.4. The molecule has 1 aliphatic heterocycles. The van der Waals surface area contributed by atoms with Crippen molar-refractivity contribution in [3.05, 3.63) is 0 Å². The van der Waals surface area contributed by atoms with Gasteiger partial charge in [0.2, 0.25) is 11.8 Å². The fourth-order valence-electron chi connectivity index (χ4n) is 2.24. The number of nitrogens with two attached hydrogens (primary N) is 1. The van der Waals surface area contributed by atoms with Crippen LogP contribution in [0.5, 0.6) is 0 Å². The largest absolute Gasteiger partial charge is 0.394 e. The summed E-state index contributed by atoms with van der Waals surface area (Å²) in [5.41, 5.74) is 5.00. The van der Waals surface area contributed by atoms with Gasteiger partial charge in [0.25, 0.3) is 0 Å². The number of nitrogens with zero attached hydrogens (tertiary/aromatic N) is 1. The van der Waals surface area contributed by atoms with Crippen molar-refractivity contribution in [2.45, 2.75) is 13.1 Å². The van der Waals surface area contributed by atoms with Gasteiger partial charge in [0.1, 0.15) is 0 Å². The van der Waals surface area contributed by atoms with Gasteiger partial charge in [-0.15, -0.1) is 0 Å². The van der Waals surface area contributed by atoms with Crippen LogP contribution >= 0.6 is 11.8 Å². The summed E-state index contributed by atoms with van der Waals surface area (Å²) in [5, 5.41) is 0. The monoisotopic (exact) mass is 298 g/mol. The number of amides is 2. The summed E-state index contributed by atoms with van der Waals surface area (Å²) in [6.07, 6.45) is -2.70. The maximum Gasteiger partial charge on any atom is 0.394 e. The lowest BCUT2D eigenvalue weighted by molar-refractivity contribution is -0.183. The molecule has 0 bridgehead atoms. The minimum absolute atomic E-state index is 0.239. The molecule has 1 saturated heterocycles. The van der Waals surface area contributed by atoms with E-state index in [1.54, 1.807) is 6.92 Å². The predicted octanol–water partition coefficient (Wildman–Crippen LogP) is 1.11. The van der Waals surface area contributed by atoms with Crippen LogP contribution in [-0.2, 0) is 9.59 Å². The number of primary amides is 1. The van der Waals surface area contributed by atoms with Gasteiger partial charge in [-0.25, -0.2) is 0 Å². The maximum absolute atomic E-state index is 12.8. The van der Waals surface area contributed by atoms with Gasteiger partial charge >= 0.3 is 6.18 Å². The van der Waals surface area contributed by atoms with Gasteiger partial charge in [0.05, 0.1) is 11.8 Å². The standard InChI is InChI=1S/C11H17F3N2O2S/c1-6(5-19-2)10(18)16-3-7(9(15)17)8(4-16)11(12,13)14/h6-8H,3-5H2,1-2H3,(H2,15,17)/t6?,7-,8-/m0/s1. The zero-order valence-electron chi connectivity index (χ0n) is 10.7. The van der Waals surface area contributed by atoms with Crippen LogP contribution in [0.4, 0.5) is 13.2 Å². The van der Waals surface area contributed by atoms with E-state index < -0.39 is 30.5 Å². The van der Waals surface area contributed by atoms with E-state index >= 15 is 0 Å². The lowest BCUT2D eigenvalue weighted by Crippen LogP contribution is -2.37. The third-order valence-electron chi connectivity index (χ3n) is 3.26. The van der Waals surface area contributed by atoms with Gasteiger partial charge in [-0.1, -0.05) is 6.92 Å². The van der Waals surface area contributed by atoms with Crippen LogP contribution in [0.2, 0.25) is 0 Å². The molecule has 1 fully saturated rings. The Labute approximate surface area is 113 Å². The molecule has 1 aliphatic rings. The SMILES string of the molecule is CSCC(C)C(=O)N1C[C@H](C(N)=O)[C@@H](C(F)(F)F)C1. The number of rotatable bonds is 4. The maximum atomic E-state index is 12.8. The van der Waals surface area contributed by atoms with Gasteiger partial charge in [0, 0.05) is 24.8 Å². The van der Waals surface area contributed by atoms with E-state index in [-0.39, 0.29) is 18.4 Å². The number of halogens is 3. The molecule has 0 aliphatic carbocycles. The van der Waals surface area contributed by atoms with Crippen LogP contribution in [0.3, 0.4) is 0 Å². The van der Waals surface area contributed by atoms with Crippen molar-refractivity contribution in [3.8, 4) is 0 Å². The highest BCUT2D eigenvalue weighted by Gasteiger charge is 2.52. The molecule has 1 unspecified atom stereocenters. The number of carbonyl (C=O) groups excluding carboxylic acids is 2. The van der Waals surface area contributed by atoms with Gasteiger partial charge in [-0.05, 0) is 6.26 Å². The summed E-state index contributed by atoms with van der Waals surface area (Å²) in [6, 6.07) is 0. The molecular weight excluding hydrogens is 281 g/mol. The van der Waals surface area contributed by atoms with E-state index in [4.69, 9.17) is 5.73 Å². The Hall–Kier alpha value is -0.920. The highest BCUT2D eigenvalue weighted by molar-refractivity contribution is 7.98. The first-order valence-electron chi connectivity index (χ1n) is 5.82. The second kappa shape index (κ2) is 6.02. The third-order valence-corrected chi connectivity index (χ3v) is 4.09. The van der Waals surface area contributed by atoms with Crippen LogP contribution in [0, 0.1) is 17.8 Å². The quantitative estimate of drug-likeness (QED) is 0.845. The topological polar surface area (TPSA) is 63.4 Å². The summed E-state index contributed by atoms with van der Waals surface area (Å²) < 4.78 is 38.4. The van der Waals surface area contributed by atoms with Crippen molar-refractivity contribution >= 4 is 23.6 Å². The van der Waals surface area contributed by atoms with Gasteiger partial charge in [-0.2, -0.15) is 24.9 Å². The number of hydrogen-bond acceptors (Lipinski definition) is 3. The Morgan fingerprint density at radius 1 is 1.42 bits per heavy atom. The summed E-state index contributed by atoms with van der Waals surface area (Å²) in [4.78, 5) is 24.2. The second-order valence-corrected chi connectivity index (χ2v) is 5.67. The summed E-state index contributed by atoms with van der Waals surface area (Å²) in [6.45, 7) is 0.949. The molecule has 19 heavy (non-hydrogen) atoms. The van der Waals surface area contributed by atoms with Crippen LogP contribution in [0.15, 0.2) is 0 Å². The lowest BCUT2D eigenvalue weighted by atomic mass is 9.95. The van der Waals surface area contributed by atoms with Crippen molar-refractivity contribution in [2.75, 3.05) is 25.1 Å². The zero-order valence-corrected chi connectivity index (χ0v) is 11.6. The Balaban J connectivity index is 2.81. The minimum Gasteiger partial charge on any atom is -0.369 e. The van der Waals surface area contributed by atoms with Gasteiger partial charge < -0.3 is 10.6 Å². The Bertz CT molecular complexity index is 362. The summed E-state index contributed by atoms with van der Waals surface area (Å²) >= 11 is 1.45. The first-order valence-corrected chi connectivity index (χ1v) is 7.21. The Morgan fingerprint density at radius 3 is 2.37 bits per heavy atom. The molecule has 4 nitrogen and oxygen atoms in total. The Kier molecular flexibility index (Phi) is 5.11. The summed E-state index contributed by atoms with van der Waals surface area (Å²) in [7, 11) is 0. The number of carbonyl (C=O) groups is 2. The van der Waals surface area contributed by atoms with Crippen molar-refractivity contribution in [1.82, 2.24) is 4.90 Å². The van der Waals surface area contributed by atoms with Crippen molar-refractivity contribution < 1.29 is 22.8 Å². The van der Waals surface area contributed by atoms with E-state index in [1.807, 2.05) is 6.26 Å². The number of alkyl halides is 3. The molecular formula is C11H17F3N2O2S. The van der Waals surface area contributed by atoms with E-state index in [9.17, 15) is 22.8 Å². The summed E-state index contributed by atoms with van der Waals surface area (Å²) in [5.74, 6) is -4.38. The fraction of sp³-hybridized carbons (Fsp3) is 0.818. The predicted molar refractivity (Wildman–Crippen MR) is 66.4 cm³/mol. The van der Waals surface area contributed by atoms with Crippen LogP contribution < -0.4 is 5.73 Å². The highest BCUT2D eigenvalue weighted by Crippen LogP contribution is 2.37. The molecule has 0 aromatic heterocycles. The van der Waals surface area contributed by atoms with Crippen LogP contribution in [0.25, 0.3) is 0 Å². The molecule has 0 saturated carbocycles. The van der Waals surface area contributed by atoms with Crippen molar-refractivity contribution in [3.63, 3.8) is 0 Å². The molecule has 0 radical (unpaired) electrons. The highest BCUT2D eigenvalue weighted by atomic mass is 32.2. The minimum atomic E-state index is -4.52. The average molecular weight is 298 g/mol. The molecule has 0 spiro atoms. The molecule has 1 heterocycles. The zero-order chi connectivity index (χ0) is 14.8. The second-order valence-electron chi connectivity index (χ2n) is 4.76. The van der Waals surface area contributed by atoms with Gasteiger partial charge in [-0.3, -0.25) is 9.59 Å². The molecule has 1 rings (SSSR count). The Morgan fingerprint density at radius 2 is 2.00 bits per heavy atom. The van der Waals surface area contributed by atoms with E-state index in [1.165, 1.54) is 11.8 Å². The van der Waals surface area contributed by atoms with Crippen molar-refractivity contribution in [1.29, 1.82) is 0 Å². The average Bonchev–Trinajstić information content (AvgIpc) is 2.72. The lowest BCUT2D eigenvalue weighted by Gasteiger charge is -2.21. The molecule has 8 heteroatoms. The molecule has 0 aromatic rings. The first kappa shape index (κ1) is 16.1. The van der Waals surface area contributed by atoms with Crippen LogP contribution in [-0.4, -0.2) is 48.0 Å². The molecule has 0 aromatic carbocycles. The van der Waals surface area contributed by atoms with E-state index in [2.05, 4.69) is 0 Å². The molecule has 3 atom stereocenters. The molecule has 2 N–H and O–H groups in total.